The zero-order chi connectivity index (χ0) is 14.8. The van der Waals surface area contributed by atoms with Crippen LogP contribution < -0.4 is 16.3 Å². The van der Waals surface area contributed by atoms with Crippen LogP contribution in [-0.4, -0.2) is 21.2 Å². The Kier molecular flexibility index (Phi) is 3.55. The SMILES string of the molecule is Cc1nc(C(=O)NNC2NN=C(Cl)c3ccccc32)no1. The summed E-state index contributed by atoms with van der Waals surface area (Å²) in [6, 6.07) is 7.46. The first-order valence-corrected chi connectivity index (χ1v) is 6.47. The molecule has 0 bridgehead atoms. The maximum absolute atomic E-state index is 11.8. The Morgan fingerprint density at radius 1 is 1.43 bits per heavy atom. The summed E-state index contributed by atoms with van der Waals surface area (Å²) in [6.07, 6.45) is -0.416. The molecule has 0 fully saturated rings. The summed E-state index contributed by atoms with van der Waals surface area (Å²) < 4.78 is 4.74. The molecule has 1 aliphatic heterocycles. The lowest BCUT2D eigenvalue weighted by Gasteiger charge is -2.24. The molecule has 0 spiro atoms. The van der Waals surface area contributed by atoms with Gasteiger partial charge in [0, 0.05) is 18.1 Å². The summed E-state index contributed by atoms with van der Waals surface area (Å²) in [4.78, 5) is 15.7. The summed E-state index contributed by atoms with van der Waals surface area (Å²) in [7, 11) is 0. The van der Waals surface area contributed by atoms with Crippen molar-refractivity contribution in [3.63, 3.8) is 0 Å². The van der Waals surface area contributed by atoms with Crippen molar-refractivity contribution in [3.05, 3.63) is 47.1 Å². The van der Waals surface area contributed by atoms with E-state index >= 15 is 0 Å². The van der Waals surface area contributed by atoms with Crippen molar-refractivity contribution in [2.45, 2.75) is 13.1 Å². The maximum atomic E-state index is 11.8. The first-order chi connectivity index (χ1) is 10.1. The molecule has 0 saturated carbocycles. The van der Waals surface area contributed by atoms with Crippen molar-refractivity contribution < 1.29 is 9.32 Å². The Hall–Kier alpha value is -2.45. The molecular formula is C12H11ClN6O2. The highest BCUT2D eigenvalue weighted by atomic mass is 35.5. The number of carbonyl (C=O) groups is 1. The summed E-state index contributed by atoms with van der Waals surface area (Å²) in [6.45, 7) is 1.60. The van der Waals surface area contributed by atoms with E-state index in [4.69, 9.17) is 16.1 Å². The van der Waals surface area contributed by atoms with E-state index < -0.39 is 12.1 Å². The Balaban J connectivity index is 1.71. The molecule has 9 heteroatoms. The average Bonchev–Trinajstić information content (AvgIpc) is 2.93. The highest BCUT2D eigenvalue weighted by molar-refractivity contribution is 6.69. The minimum atomic E-state index is -0.508. The summed E-state index contributed by atoms with van der Waals surface area (Å²) >= 11 is 6.01. The number of rotatable bonds is 3. The average molecular weight is 307 g/mol. The summed E-state index contributed by atoms with van der Waals surface area (Å²) in [5.41, 5.74) is 9.75. The predicted molar refractivity (Wildman–Crippen MR) is 74.3 cm³/mol. The molecule has 0 radical (unpaired) electrons. The molecule has 1 atom stereocenters. The number of hydrogen-bond donors (Lipinski definition) is 3. The number of nitrogens with zero attached hydrogens (tertiary/aromatic N) is 3. The molecule has 21 heavy (non-hydrogen) atoms. The number of halogens is 1. The number of amides is 1. The van der Waals surface area contributed by atoms with Crippen molar-refractivity contribution in [3.8, 4) is 0 Å². The van der Waals surface area contributed by atoms with Crippen LogP contribution in [-0.2, 0) is 0 Å². The van der Waals surface area contributed by atoms with Gasteiger partial charge in [0.2, 0.25) is 5.89 Å². The zero-order valence-electron chi connectivity index (χ0n) is 10.9. The van der Waals surface area contributed by atoms with Gasteiger partial charge >= 0.3 is 5.91 Å². The van der Waals surface area contributed by atoms with Crippen molar-refractivity contribution in [2.24, 2.45) is 5.10 Å². The van der Waals surface area contributed by atoms with Gasteiger partial charge in [0.1, 0.15) is 6.17 Å². The first-order valence-electron chi connectivity index (χ1n) is 6.09. The van der Waals surface area contributed by atoms with Gasteiger partial charge in [-0.1, -0.05) is 41.0 Å². The van der Waals surface area contributed by atoms with E-state index in [9.17, 15) is 4.79 Å². The molecule has 3 N–H and O–H groups in total. The molecule has 3 rings (SSSR count). The standard InChI is InChI=1S/C12H11ClN6O2/c1-6-14-11(19-21-6)12(20)18-17-10-8-5-3-2-4-7(8)9(13)15-16-10/h2-5,10,16-17H,1H3,(H,18,20). The third kappa shape index (κ3) is 2.71. The van der Waals surface area contributed by atoms with Crippen LogP contribution in [0.5, 0.6) is 0 Å². The fraction of sp³-hybridized carbons (Fsp3) is 0.167. The number of carbonyl (C=O) groups excluding carboxylic acids is 1. The normalized spacial score (nSPS) is 16.7. The smallest absolute Gasteiger partial charge is 0.306 e. The molecular weight excluding hydrogens is 296 g/mol. The lowest BCUT2D eigenvalue weighted by molar-refractivity contribution is 0.0907. The zero-order valence-corrected chi connectivity index (χ0v) is 11.7. The van der Waals surface area contributed by atoms with Gasteiger partial charge in [-0.15, -0.1) is 0 Å². The van der Waals surface area contributed by atoms with E-state index in [2.05, 4.69) is 31.5 Å². The van der Waals surface area contributed by atoms with Crippen LogP contribution in [0.15, 0.2) is 33.9 Å². The second-order valence-corrected chi connectivity index (χ2v) is 4.65. The van der Waals surface area contributed by atoms with Crippen molar-refractivity contribution >= 4 is 22.7 Å². The van der Waals surface area contributed by atoms with E-state index in [0.29, 0.717) is 11.1 Å². The van der Waals surface area contributed by atoms with Gasteiger partial charge < -0.3 is 4.52 Å². The molecule has 1 aromatic carbocycles. The number of aryl methyl sites for hydroxylation is 1. The second-order valence-electron chi connectivity index (χ2n) is 4.29. The van der Waals surface area contributed by atoms with Crippen LogP contribution in [0.2, 0.25) is 0 Å². The van der Waals surface area contributed by atoms with E-state index in [1.54, 1.807) is 6.92 Å². The number of hydrazine groups is 1. The van der Waals surface area contributed by atoms with Crippen LogP contribution in [0.3, 0.4) is 0 Å². The number of hydrogen-bond acceptors (Lipinski definition) is 7. The van der Waals surface area contributed by atoms with Gasteiger partial charge in [-0.25, -0.2) is 5.43 Å². The lowest BCUT2D eigenvalue weighted by Crippen LogP contribution is -2.46. The van der Waals surface area contributed by atoms with Gasteiger partial charge in [0.25, 0.3) is 5.82 Å². The molecule has 1 aliphatic rings. The molecule has 1 unspecified atom stereocenters. The Bertz CT molecular complexity index is 713. The molecule has 1 aromatic heterocycles. The van der Waals surface area contributed by atoms with Gasteiger partial charge in [0.15, 0.2) is 5.17 Å². The second kappa shape index (κ2) is 5.51. The van der Waals surface area contributed by atoms with E-state index in [1.165, 1.54) is 0 Å². The van der Waals surface area contributed by atoms with Crippen LogP contribution in [0.4, 0.5) is 0 Å². The fourth-order valence-electron chi connectivity index (χ4n) is 1.88. The quantitative estimate of drug-likeness (QED) is 0.725. The number of hydrazone groups is 1. The van der Waals surface area contributed by atoms with Crippen LogP contribution in [0.25, 0.3) is 0 Å². The molecule has 0 aliphatic carbocycles. The molecule has 1 amide bonds. The predicted octanol–water partition coefficient (Wildman–Crippen LogP) is 0.815. The minimum absolute atomic E-state index is 0.0503. The lowest BCUT2D eigenvalue weighted by atomic mass is 10.1. The fourth-order valence-corrected chi connectivity index (χ4v) is 2.10. The van der Waals surface area contributed by atoms with Crippen molar-refractivity contribution in [1.29, 1.82) is 0 Å². The van der Waals surface area contributed by atoms with Crippen LogP contribution in [0.1, 0.15) is 33.8 Å². The summed E-state index contributed by atoms with van der Waals surface area (Å²) in [5.74, 6) is -0.241. The third-order valence-electron chi connectivity index (χ3n) is 2.85. The highest BCUT2D eigenvalue weighted by Crippen LogP contribution is 2.21. The Labute approximate surface area is 124 Å². The Morgan fingerprint density at radius 3 is 3.00 bits per heavy atom. The largest absolute Gasteiger partial charge is 0.339 e. The Morgan fingerprint density at radius 2 is 2.24 bits per heavy atom. The minimum Gasteiger partial charge on any atom is -0.339 e. The van der Waals surface area contributed by atoms with Crippen molar-refractivity contribution in [1.82, 2.24) is 26.4 Å². The number of aromatic nitrogens is 2. The molecule has 108 valence electrons. The molecule has 8 nitrogen and oxygen atoms in total. The monoisotopic (exact) mass is 306 g/mol. The number of benzene rings is 1. The van der Waals surface area contributed by atoms with E-state index in [1.807, 2.05) is 24.3 Å². The topological polar surface area (TPSA) is 104 Å². The molecule has 2 aromatic rings. The van der Waals surface area contributed by atoms with Gasteiger partial charge in [0.05, 0.1) is 0 Å². The molecule has 0 saturated heterocycles. The van der Waals surface area contributed by atoms with E-state index in [0.717, 1.165) is 11.1 Å². The van der Waals surface area contributed by atoms with Crippen LogP contribution >= 0.6 is 11.6 Å². The molecule has 2 heterocycles. The maximum Gasteiger partial charge on any atom is 0.306 e. The van der Waals surface area contributed by atoms with Crippen LogP contribution in [0, 0.1) is 6.92 Å². The summed E-state index contributed by atoms with van der Waals surface area (Å²) in [5, 5.41) is 7.87. The van der Waals surface area contributed by atoms with E-state index in [-0.39, 0.29) is 5.82 Å². The van der Waals surface area contributed by atoms with Gasteiger partial charge in [-0.05, 0) is 0 Å². The third-order valence-corrected chi connectivity index (χ3v) is 3.13. The van der Waals surface area contributed by atoms with Gasteiger partial charge in [-0.3, -0.25) is 15.6 Å². The number of fused-ring (bicyclic) bond motifs is 1. The van der Waals surface area contributed by atoms with Crippen molar-refractivity contribution in [2.75, 3.05) is 0 Å². The first kappa shape index (κ1) is 13.5. The number of nitrogens with one attached hydrogen (secondary N) is 3. The highest BCUT2D eigenvalue weighted by Gasteiger charge is 2.22. The van der Waals surface area contributed by atoms with Gasteiger partial charge in [-0.2, -0.15) is 10.1 Å².